The van der Waals surface area contributed by atoms with Crippen LogP contribution >= 0.6 is 11.6 Å². The molecule has 0 amide bonds. The second-order valence-electron chi connectivity index (χ2n) is 5.47. The van der Waals surface area contributed by atoms with Crippen LogP contribution in [0.25, 0.3) is 0 Å². The first-order chi connectivity index (χ1) is 8.60. The van der Waals surface area contributed by atoms with E-state index >= 15 is 0 Å². The lowest BCUT2D eigenvalue weighted by molar-refractivity contribution is 0.646. The van der Waals surface area contributed by atoms with Crippen LogP contribution in [0, 0.1) is 5.92 Å². The Morgan fingerprint density at radius 3 is 2.72 bits per heavy atom. The first-order valence-electron chi connectivity index (χ1n) is 6.85. The summed E-state index contributed by atoms with van der Waals surface area (Å²) in [6.07, 6.45) is 4.60. The minimum Gasteiger partial charge on any atom is -0.374 e. The van der Waals surface area contributed by atoms with Crippen molar-refractivity contribution in [2.24, 2.45) is 11.7 Å². The quantitative estimate of drug-likeness (QED) is 0.854. The lowest BCUT2D eigenvalue weighted by Crippen LogP contribution is -2.22. The summed E-state index contributed by atoms with van der Waals surface area (Å²) in [5.74, 6) is 0.891. The zero-order valence-electron chi connectivity index (χ0n) is 11.3. The predicted octanol–water partition coefficient (Wildman–Crippen LogP) is 3.47. The van der Waals surface area contributed by atoms with Gasteiger partial charge >= 0.3 is 0 Å². The summed E-state index contributed by atoms with van der Waals surface area (Å²) < 4.78 is 0. The van der Waals surface area contributed by atoms with Gasteiger partial charge in [0.1, 0.15) is 0 Å². The molecule has 2 nitrogen and oxygen atoms in total. The fourth-order valence-electron chi connectivity index (χ4n) is 2.16. The molecule has 1 fully saturated rings. The molecule has 0 aliphatic heterocycles. The summed E-state index contributed by atoms with van der Waals surface area (Å²) in [6.45, 7) is 3.25. The highest BCUT2D eigenvalue weighted by Gasteiger charge is 2.23. The third-order valence-corrected chi connectivity index (χ3v) is 4.06. The van der Waals surface area contributed by atoms with Crippen molar-refractivity contribution < 1.29 is 0 Å². The van der Waals surface area contributed by atoms with E-state index in [-0.39, 0.29) is 6.04 Å². The van der Waals surface area contributed by atoms with Gasteiger partial charge in [-0.2, -0.15) is 0 Å². The summed E-state index contributed by atoms with van der Waals surface area (Å²) in [6, 6.07) is 6.56. The van der Waals surface area contributed by atoms with E-state index in [1.807, 2.05) is 0 Å². The molecule has 2 N–H and O–H groups in total. The lowest BCUT2D eigenvalue weighted by Gasteiger charge is -2.20. The summed E-state index contributed by atoms with van der Waals surface area (Å²) in [4.78, 5) is 2.30. The molecule has 1 atom stereocenters. The molecule has 0 saturated heterocycles. The van der Waals surface area contributed by atoms with Gasteiger partial charge < -0.3 is 10.6 Å². The molecule has 2 rings (SSSR count). The van der Waals surface area contributed by atoms with Crippen LogP contribution in [0.5, 0.6) is 0 Å². The molecule has 1 saturated carbocycles. The van der Waals surface area contributed by atoms with Crippen molar-refractivity contribution in [2.75, 3.05) is 18.5 Å². The Bertz CT molecular complexity index is 401. The highest BCUT2D eigenvalue weighted by atomic mass is 35.5. The van der Waals surface area contributed by atoms with Crippen LogP contribution in [0.15, 0.2) is 18.2 Å². The van der Waals surface area contributed by atoms with Crippen LogP contribution in [-0.2, 0) is 6.42 Å². The molecular weight excluding hydrogens is 244 g/mol. The Hall–Kier alpha value is -0.730. The number of nitrogens with zero attached hydrogens (tertiary/aromatic N) is 1. The second kappa shape index (κ2) is 5.94. The molecule has 1 unspecified atom stereocenters. The minimum atomic E-state index is 0.206. The molecule has 18 heavy (non-hydrogen) atoms. The Morgan fingerprint density at radius 2 is 2.17 bits per heavy atom. The van der Waals surface area contributed by atoms with E-state index in [0.29, 0.717) is 0 Å². The minimum absolute atomic E-state index is 0.206. The fraction of sp³-hybridized carbons (Fsp3) is 0.600. The van der Waals surface area contributed by atoms with Crippen molar-refractivity contribution in [1.82, 2.24) is 0 Å². The number of anilines is 1. The standard InChI is InChI=1S/C15H23ClN2/c1-3-13(17)8-12-6-7-14(9-15(12)16)18(2)10-11-4-5-11/h6-7,9,11,13H,3-5,8,10,17H2,1-2H3. The summed E-state index contributed by atoms with van der Waals surface area (Å²) in [7, 11) is 2.14. The maximum Gasteiger partial charge on any atom is 0.0459 e. The zero-order chi connectivity index (χ0) is 13.1. The molecule has 0 spiro atoms. The van der Waals surface area contributed by atoms with Crippen LogP contribution in [-0.4, -0.2) is 19.6 Å². The smallest absolute Gasteiger partial charge is 0.0459 e. The second-order valence-corrected chi connectivity index (χ2v) is 5.88. The molecule has 3 heteroatoms. The Balaban J connectivity index is 2.03. The van der Waals surface area contributed by atoms with Gasteiger partial charge in [0.25, 0.3) is 0 Å². The maximum atomic E-state index is 6.34. The number of hydrogen-bond donors (Lipinski definition) is 1. The van der Waals surface area contributed by atoms with E-state index in [0.717, 1.165) is 35.9 Å². The van der Waals surface area contributed by atoms with Crippen molar-refractivity contribution in [2.45, 2.75) is 38.6 Å². The average Bonchev–Trinajstić information content (AvgIpc) is 3.15. The molecule has 1 aliphatic carbocycles. The Kier molecular flexibility index (Phi) is 4.52. The number of hydrogen-bond acceptors (Lipinski definition) is 2. The van der Waals surface area contributed by atoms with Crippen molar-refractivity contribution in [1.29, 1.82) is 0 Å². The van der Waals surface area contributed by atoms with Gasteiger partial charge in [-0.15, -0.1) is 0 Å². The summed E-state index contributed by atoms with van der Waals surface area (Å²) in [5.41, 5.74) is 8.35. The topological polar surface area (TPSA) is 29.3 Å². The maximum absolute atomic E-state index is 6.34. The van der Waals surface area contributed by atoms with Crippen LogP contribution in [0.2, 0.25) is 5.02 Å². The van der Waals surface area contributed by atoms with Gasteiger partial charge in [-0.3, -0.25) is 0 Å². The van der Waals surface area contributed by atoms with Gasteiger partial charge in [0.05, 0.1) is 0 Å². The average molecular weight is 267 g/mol. The molecule has 0 aromatic heterocycles. The van der Waals surface area contributed by atoms with E-state index in [2.05, 4.69) is 37.1 Å². The largest absolute Gasteiger partial charge is 0.374 e. The van der Waals surface area contributed by atoms with Gasteiger partial charge in [0.2, 0.25) is 0 Å². The predicted molar refractivity (Wildman–Crippen MR) is 79.4 cm³/mol. The van der Waals surface area contributed by atoms with Crippen LogP contribution in [0.3, 0.4) is 0 Å². The Labute approximate surface area is 115 Å². The van der Waals surface area contributed by atoms with Gasteiger partial charge in [-0.1, -0.05) is 24.6 Å². The van der Waals surface area contributed by atoms with Crippen molar-refractivity contribution in [3.8, 4) is 0 Å². The molecule has 100 valence electrons. The molecular formula is C15H23ClN2. The molecule has 0 radical (unpaired) electrons. The molecule has 0 heterocycles. The third kappa shape index (κ3) is 3.63. The zero-order valence-corrected chi connectivity index (χ0v) is 12.1. The van der Waals surface area contributed by atoms with Crippen molar-refractivity contribution in [3.63, 3.8) is 0 Å². The van der Waals surface area contributed by atoms with Crippen LogP contribution in [0.1, 0.15) is 31.7 Å². The van der Waals surface area contributed by atoms with Gasteiger partial charge in [0, 0.05) is 30.3 Å². The van der Waals surface area contributed by atoms with E-state index in [4.69, 9.17) is 17.3 Å². The monoisotopic (exact) mass is 266 g/mol. The SMILES string of the molecule is CCC(N)Cc1ccc(N(C)CC2CC2)cc1Cl. The molecule has 0 bridgehead atoms. The summed E-state index contributed by atoms with van der Waals surface area (Å²) >= 11 is 6.34. The first kappa shape index (κ1) is 13.7. The van der Waals surface area contributed by atoms with Gasteiger partial charge in [-0.05, 0) is 49.3 Å². The normalized spacial score (nSPS) is 16.7. The Morgan fingerprint density at radius 1 is 1.44 bits per heavy atom. The summed E-state index contributed by atoms with van der Waals surface area (Å²) in [5, 5.41) is 0.846. The van der Waals surface area contributed by atoms with Gasteiger partial charge in [0.15, 0.2) is 0 Å². The highest BCUT2D eigenvalue weighted by Crippen LogP contribution is 2.32. The van der Waals surface area contributed by atoms with Gasteiger partial charge in [-0.25, -0.2) is 0 Å². The fourth-order valence-corrected chi connectivity index (χ4v) is 2.41. The van der Waals surface area contributed by atoms with Crippen molar-refractivity contribution in [3.05, 3.63) is 28.8 Å². The van der Waals surface area contributed by atoms with E-state index in [1.165, 1.54) is 18.5 Å². The number of nitrogens with two attached hydrogens (primary N) is 1. The van der Waals surface area contributed by atoms with E-state index in [9.17, 15) is 0 Å². The van der Waals surface area contributed by atoms with E-state index in [1.54, 1.807) is 0 Å². The van der Waals surface area contributed by atoms with Crippen LogP contribution < -0.4 is 10.6 Å². The number of halogens is 1. The van der Waals surface area contributed by atoms with Crippen LogP contribution in [0.4, 0.5) is 5.69 Å². The third-order valence-electron chi connectivity index (χ3n) is 3.71. The molecule has 1 aromatic carbocycles. The lowest BCUT2D eigenvalue weighted by atomic mass is 10.0. The highest BCUT2D eigenvalue weighted by molar-refractivity contribution is 6.31. The number of rotatable bonds is 6. The van der Waals surface area contributed by atoms with E-state index < -0.39 is 0 Å². The number of benzene rings is 1. The molecule has 1 aliphatic rings. The van der Waals surface area contributed by atoms with Crippen molar-refractivity contribution >= 4 is 17.3 Å². The molecule has 1 aromatic rings. The first-order valence-corrected chi connectivity index (χ1v) is 7.23.